The molecule has 1 saturated heterocycles. The lowest BCUT2D eigenvalue weighted by Gasteiger charge is -2.26. The summed E-state index contributed by atoms with van der Waals surface area (Å²) in [5, 5.41) is 3.46. The number of carbonyl (C=O) groups is 1. The van der Waals surface area contributed by atoms with Crippen LogP contribution in [-0.4, -0.2) is 55.7 Å². The number of nitrogens with zero attached hydrogens (tertiary/aromatic N) is 2. The first kappa shape index (κ1) is 25.4. The molecule has 12 heteroatoms. The van der Waals surface area contributed by atoms with E-state index in [1.54, 1.807) is 25.1 Å². The maximum Gasteiger partial charge on any atom is 0.418 e. The summed E-state index contributed by atoms with van der Waals surface area (Å²) in [6, 6.07) is 11.2. The molecular formula is C23H22F3N3O4S2. The van der Waals surface area contributed by atoms with Crippen molar-refractivity contribution in [3.63, 3.8) is 0 Å². The van der Waals surface area contributed by atoms with Gasteiger partial charge in [-0.1, -0.05) is 23.9 Å². The Balaban J connectivity index is 1.48. The number of thioether (sulfide) groups is 1. The lowest BCUT2D eigenvalue weighted by molar-refractivity contribution is -0.137. The van der Waals surface area contributed by atoms with Gasteiger partial charge in [-0.05, 0) is 48.9 Å². The Kier molecular flexibility index (Phi) is 7.36. The van der Waals surface area contributed by atoms with E-state index < -0.39 is 27.7 Å². The van der Waals surface area contributed by atoms with Crippen molar-refractivity contribution in [2.24, 2.45) is 0 Å². The number of morpholine rings is 1. The van der Waals surface area contributed by atoms with E-state index in [1.165, 1.54) is 28.6 Å². The van der Waals surface area contributed by atoms with E-state index in [9.17, 15) is 26.4 Å². The largest absolute Gasteiger partial charge is 0.418 e. The third-order valence-corrected chi connectivity index (χ3v) is 8.24. The number of fused-ring (bicyclic) bond motifs is 1. The van der Waals surface area contributed by atoms with Crippen LogP contribution in [0.4, 0.5) is 18.9 Å². The lowest BCUT2D eigenvalue weighted by Crippen LogP contribution is -2.40. The molecule has 35 heavy (non-hydrogen) atoms. The number of halogens is 3. The van der Waals surface area contributed by atoms with Gasteiger partial charge in [-0.15, -0.1) is 0 Å². The molecule has 1 aliphatic rings. The smallest absolute Gasteiger partial charge is 0.379 e. The van der Waals surface area contributed by atoms with Crippen LogP contribution in [0.2, 0.25) is 0 Å². The van der Waals surface area contributed by atoms with E-state index in [1.807, 2.05) is 0 Å². The second-order valence-corrected chi connectivity index (χ2v) is 10.8. The maximum absolute atomic E-state index is 13.1. The van der Waals surface area contributed by atoms with E-state index in [-0.39, 0.29) is 16.3 Å². The molecule has 0 spiro atoms. The molecule has 0 aliphatic carbocycles. The van der Waals surface area contributed by atoms with Gasteiger partial charge in [0.05, 0.1) is 45.7 Å². The summed E-state index contributed by atoms with van der Waals surface area (Å²) in [7, 11) is -3.66. The number of anilines is 1. The summed E-state index contributed by atoms with van der Waals surface area (Å²) in [6.45, 7) is 3.09. The van der Waals surface area contributed by atoms with E-state index in [0.717, 1.165) is 23.4 Å². The number of para-hydroxylation sites is 1. The van der Waals surface area contributed by atoms with Crippen LogP contribution in [0.25, 0.3) is 10.9 Å². The first-order valence-corrected chi connectivity index (χ1v) is 13.1. The van der Waals surface area contributed by atoms with Gasteiger partial charge in [0, 0.05) is 18.5 Å². The molecular weight excluding hydrogens is 503 g/mol. The molecule has 0 unspecified atom stereocenters. The molecule has 0 saturated carbocycles. The summed E-state index contributed by atoms with van der Waals surface area (Å²) in [4.78, 5) is 17.0. The van der Waals surface area contributed by atoms with Gasteiger partial charge in [-0.2, -0.15) is 17.5 Å². The third-order valence-electron chi connectivity index (χ3n) is 5.43. The number of sulfonamides is 1. The van der Waals surface area contributed by atoms with Gasteiger partial charge in [0.2, 0.25) is 15.9 Å². The average molecular weight is 526 g/mol. The standard InChI is InChI=1S/C23H22F3N3O4S2/c1-15-12-22(34-14-21(30)27-20-5-3-2-4-18(20)23(24,25)26)28-19-7-6-16(13-17(15)19)35(31,32)29-8-10-33-11-9-29/h2-7,12-13H,8-11,14H2,1H3,(H,27,30). The minimum Gasteiger partial charge on any atom is -0.379 e. The zero-order chi connectivity index (χ0) is 25.2. The summed E-state index contributed by atoms with van der Waals surface area (Å²) < 4.78 is 71.9. The SMILES string of the molecule is Cc1cc(SCC(=O)Nc2ccccc2C(F)(F)F)nc2ccc(S(=O)(=O)N3CCOCC3)cc12. The molecule has 7 nitrogen and oxygen atoms in total. The molecule has 1 amide bonds. The van der Waals surface area contributed by atoms with Crippen molar-refractivity contribution in [3.8, 4) is 0 Å². The molecule has 1 N–H and O–H groups in total. The second-order valence-electron chi connectivity index (χ2n) is 7.85. The number of benzene rings is 2. The Hall–Kier alpha value is -2.67. The Labute approximate surface area is 204 Å². The number of carbonyl (C=O) groups excluding carboxylic acids is 1. The van der Waals surface area contributed by atoms with Crippen LogP contribution in [0.15, 0.2) is 58.5 Å². The van der Waals surface area contributed by atoms with Crippen LogP contribution >= 0.6 is 11.8 Å². The molecule has 0 atom stereocenters. The van der Waals surface area contributed by atoms with Crippen molar-refractivity contribution in [2.75, 3.05) is 37.4 Å². The number of rotatable bonds is 6. The highest BCUT2D eigenvalue weighted by Crippen LogP contribution is 2.35. The number of ether oxygens (including phenoxy) is 1. The van der Waals surface area contributed by atoms with Crippen LogP contribution in [0.3, 0.4) is 0 Å². The van der Waals surface area contributed by atoms with E-state index >= 15 is 0 Å². The van der Waals surface area contributed by atoms with Crippen molar-refractivity contribution in [3.05, 3.63) is 59.7 Å². The van der Waals surface area contributed by atoms with Gasteiger partial charge >= 0.3 is 6.18 Å². The monoisotopic (exact) mass is 525 g/mol. The first-order chi connectivity index (χ1) is 16.6. The van der Waals surface area contributed by atoms with Gasteiger partial charge in [-0.3, -0.25) is 4.79 Å². The normalized spacial score (nSPS) is 15.3. The highest BCUT2D eigenvalue weighted by molar-refractivity contribution is 7.99. The number of nitrogens with one attached hydrogen (secondary N) is 1. The molecule has 1 fully saturated rings. The van der Waals surface area contributed by atoms with Gasteiger partial charge in [-0.25, -0.2) is 13.4 Å². The maximum atomic E-state index is 13.1. The molecule has 0 radical (unpaired) electrons. The zero-order valence-electron chi connectivity index (χ0n) is 18.6. The minimum absolute atomic E-state index is 0.145. The number of amides is 1. The van der Waals surface area contributed by atoms with Crippen LogP contribution < -0.4 is 5.32 Å². The number of pyridine rings is 1. The van der Waals surface area contributed by atoms with Crippen LogP contribution in [0, 0.1) is 6.92 Å². The average Bonchev–Trinajstić information content (AvgIpc) is 2.83. The molecule has 4 rings (SSSR count). The highest BCUT2D eigenvalue weighted by Gasteiger charge is 2.33. The number of hydrogen-bond donors (Lipinski definition) is 1. The zero-order valence-corrected chi connectivity index (χ0v) is 20.3. The van der Waals surface area contributed by atoms with Crippen LogP contribution in [0.1, 0.15) is 11.1 Å². The molecule has 2 heterocycles. The van der Waals surface area contributed by atoms with Gasteiger partial charge < -0.3 is 10.1 Å². The van der Waals surface area contributed by atoms with E-state index in [0.29, 0.717) is 42.2 Å². The van der Waals surface area contributed by atoms with Crippen molar-refractivity contribution >= 4 is 44.3 Å². The predicted molar refractivity (Wildman–Crippen MR) is 127 cm³/mol. The molecule has 1 aliphatic heterocycles. The fraction of sp³-hybridized carbons (Fsp3) is 0.304. The predicted octanol–water partition coefficient (Wildman–Crippen LogP) is 4.31. The third kappa shape index (κ3) is 5.77. The molecule has 186 valence electrons. The quantitative estimate of drug-likeness (QED) is 0.483. The van der Waals surface area contributed by atoms with Crippen molar-refractivity contribution in [1.82, 2.24) is 9.29 Å². The van der Waals surface area contributed by atoms with Crippen LogP contribution in [0.5, 0.6) is 0 Å². The number of aromatic nitrogens is 1. The number of hydrogen-bond acceptors (Lipinski definition) is 6. The summed E-state index contributed by atoms with van der Waals surface area (Å²) in [5.74, 6) is -0.744. The van der Waals surface area contributed by atoms with Gasteiger partial charge in [0.25, 0.3) is 0 Å². The fourth-order valence-electron chi connectivity index (χ4n) is 3.68. The summed E-state index contributed by atoms with van der Waals surface area (Å²) >= 11 is 1.08. The van der Waals surface area contributed by atoms with E-state index in [2.05, 4.69) is 10.3 Å². The Bertz CT molecular complexity index is 1360. The first-order valence-electron chi connectivity index (χ1n) is 10.6. The Morgan fingerprint density at radius 3 is 2.57 bits per heavy atom. The van der Waals surface area contributed by atoms with E-state index in [4.69, 9.17) is 4.74 Å². The second kappa shape index (κ2) is 10.1. The minimum atomic E-state index is -4.58. The Morgan fingerprint density at radius 2 is 1.86 bits per heavy atom. The van der Waals surface area contributed by atoms with Gasteiger partial charge in [0.1, 0.15) is 0 Å². The highest BCUT2D eigenvalue weighted by atomic mass is 32.2. The lowest BCUT2D eigenvalue weighted by atomic mass is 10.1. The van der Waals surface area contributed by atoms with Crippen LogP contribution in [-0.2, 0) is 25.7 Å². The van der Waals surface area contributed by atoms with Gasteiger partial charge in [0.15, 0.2) is 0 Å². The molecule has 0 bridgehead atoms. The fourth-order valence-corrected chi connectivity index (χ4v) is 5.89. The number of alkyl halides is 3. The molecule has 3 aromatic rings. The topological polar surface area (TPSA) is 88.6 Å². The molecule has 1 aromatic heterocycles. The molecule has 2 aromatic carbocycles. The number of aryl methyl sites for hydroxylation is 1. The van der Waals surface area contributed by atoms with Crippen molar-refractivity contribution in [1.29, 1.82) is 0 Å². The summed E-state index contributed by atoms with van der Waals surface area (Å²) in [5.41, 5.74) is 0.0960. The Morgan fingerprint density at radius 1 is 1.14 bits per heavy atom. The van der Waals surface area contributed by atoms with Crippen molar-refractivity contribution < 1.29 is 31.1 Å². The van der Waals surface area contributed by atoms with Crippen molar-refractivity contribution in [2.45, 2.75) is 23.0 Å². The summed E-state index contributed by atoms with van der Waals surface area (Å²) in [6.07, 6.45) is -4.58.